The van der Waals surface area contributed by atoms with E-state index in [0.29, 0.717) is 11.5 Å². The van der Waals surface area contributed by atoms with Crippen LogP contribution in [-0.4, -0.2) is 0 Å². The third kappa shape index (κ3) is 5.92. The van der Waals surface area contributed by atoms with Gasteiger partial charge in [-0.15, -0.1) is 0 Å². The molecule has 4 atom stereocenters. The number of fused-ring (bicyclic) bond motifs is 1. The molecule has 2 aliphatic rings. The molecule has 3 aromatic carbocycles. The number of rotatable bonds is 8. The summed E-state index contributed by atoms with van der Waals surface area (Å²) >= 11 is 0. The van der Waals surface area contributed by atoms with Gasteiger partial charge >= 0.3 is 0 Å². The minimum atomic E-state index is -0.994. The van der Waals surface area contributed by atoms with Crippen molar-refractivity contribution in [1.82, 2.24) is 0 Å². The van der Waals surface area contributed by atoms with Gasteiger partial charge < -0.3 is 4.74 Å². The van der Waals surface area contributed by atoms with Crippen molar-refractivity contribution in [2.75, 3.05) is 0 Å². The molecule has 0 spiro atoms. The van der Waals surface area contributed by atoms with Crippen molar-refractivity contribution in [3.63, 3.8) is 0 Å². The van der Waals surface area contributed by atoms with Crippen LogP contribution in [0.25, 0.3) is 11.1 Å². The van der Waals surface area contributed by atoms with Gasteiger partial charge in [0.05, 0.1) is 5.56 Å². The lowest BCUT2D eigenvalue weighted by atomic mass is 9.63. The van der Waals surface area contributed by atoms with Gasteiger partial charge in [-0.2, -0.15) is 0 Å². The molecule has 0 aromatic heterocycles. The molecular weight excluding hydrogens is 488 g/mol. The fraction of sp³-hybridized carbons (Fsp3) is 0.455. The quantitative estimate of drug-likeness (QED) is 0.266. The molecule has 5 heteroatoms. The van der Waals surface area contributed by atoms with Gasteiger partial charge in [0.2, 0.25) is 0 Å². The molecule has 0 heterocycles. The van der Waals surface area contributed by atoms with E-state index in [0.717, 1.165) is 48.8 Å². The molecule has 0 saturated heterocycles. The van der Waals surface area contributed by atoms with Crippen LogP contribution >= 0.6 is 0 Å². The van der Waals surface area contributed by atoms with E-state index in [9.17, 15) is 8.78 Å². The van der Waals surface area contributed by atoms with E-state index in [1.807, 2.05) is 6.07 Å². The topological polar surface area (TPSA) is 9.23 Å². The van der Waals surface area contributed by atoms with Gasteiger partial charge in [-0.3, -0.25) is 0 Å². The molecule has 0 amide bonds. The standard InChI is InChI=1S/C33H36F4O/c1-2-3-7-21-10-11-24-15-25(13-12-23(24)14-21)26-16-28(34)32(29(35)17-26)27-18-30(36)33(31(37)19-27)38-20-22-8-5-4-6-9-22/h4-6,8-9,16-19,21,23-25H,2-3,7,10-15,20H2,1H3/t21?,23-,24-,25-/m1/s1. The zero-order chi connectivity index (χ0) is 26.6. The van der Waals surface area contributed by atoms with E-state index in [4.69, 9.17) is 4.74 Å². The average molecular weight is 525 g/mol. The first-order valence-electron chi connectivity index (χ1n) is 14.1. The Morgan fingerprint density at radius 2 is 1.42 bits per heavy atom. The van der Waals surface area contributed by atoms with Gasteiger partial charge in [0.25, 0.3) is 0 Å². The largest absolute Gasteiger partial charge is 0.483 e. The summed E-state index contributed by atoms with van der Waals surface area (Å²) in [5.74, 6) is -1.84. The van der Waals surface area contributed by atoms with Gasteiger partial charge in [-0.25, -0.2) is 17.6 Å². The maximum Gasteiger partial charge on any atom is 0.191 e. The summed E-state index contributed by atoms with van der Waals surface area (Å²) in [7, 11) is 0. The van der Waals surface area contributed by atoms with Crippen molar-refractivity contribution < 1.29 is 22.3 Å². The lowest BCUT2D eigenvalue weighted by Gasteiger charge is -2.42. The molecule has 2 saturated carbocycles. The third-order valence-electron chi connectivity index (χ3n) is 8.74. The number of hydrogen-bond acceptors (Lipinski definition) is 1. The maximum absolute atomic E-state index is 15.3. The van der Waals surface area contributed by atoms with Crippen LogP contribution in [0, 0.1) is 41.0 Å². The summed E-state index contributed by atoms with van der Waals surface area (Å²) in [6, 6.07) is 13.6. The first-order valence-corrected chi connectivity index (χ1v) is 14.1. The molecule has 2 aliphatic carbocycles. The summed E-state index contributed by atoms with van der Waals surface area (Å²) in [6.07, 6.45) is 10.6. The molecule has 5 rings (SSSR count). The third-order valence-corrected chi connectivity index (χ3v) is 8.74. The highest BCUT2D eigenvalue weighted by atomic mass is 19.1. The van der Waals surface area contributed by atoms with Crippen molar-refractivity contribution in [2.45, 2.75) is 77.2 Å². The summed E-state index contributed by atoms with van der Waals surface area (Å²) in [6.45, 7) is 2.22. The predicted octanol–water partition coefficient (Wildman–Crippen LogP) is 9.98. The first kappa shape index (κ1) is 26.8. The van der Waals surface area contributed by atoms with E-state index in [1.165, 1.54) is 50.7 Å². The smallest absolute Gasteiger partial charge is 0.191 e. The second-order valence-electron chi connectivity index (χ2n) is 11.3. The van der Waals surface area contributed by atoms with Gasteiger partial charge in [-0.1, -0.05) is 62.9 Å². The summed E-state index contributed by atoms with van der Waals surface area (Å²) in [5.41, 5.74) is 0.815. The fourth-order valence-electron chi connectivity index (χ4n) is 6.72. The molecule has 0 N–H and O–H groups in total. The number of halogens is 4. The fourth-order valence-corrected chi connectivity index (χ4v) is 6.72. The van der Waals surface area contributed by atoms with E-state index < -0.39 is 34.6 Å². The Kier molecular flexibility index (Phi) is 8.40. The molecular formula is C33H36F4O. The van der Waals surface area contributed by atoms with Crippen LogP contribution in [0.3, 0.4) is 0 Å². The molecule has 0 aliphatic heterocycles. The molecule has 38 heavy (non-hydrogen) atoms. The highest BCUT2D eigenvalue weighted by molar-refractivity contribution is 5.66. The van der Waals surface area contributed by atoms with Crippen molar-refractivity contribution in [3.05, 3.63) is 89.0 Å². The molecule has 3 aromatic rings. The van der Waals surface area contributed by atoms with E-state index in [-0.39, 0.29) is 18.1 Å². The lowest BCUT2D eigenvalue weighted by Crippen LogP contribution is -2.30. The average Bonchev–Trinajstić information content (AvgIpc) is 2.91. The second-order valence-corrected chi connectivity index (χ2v) is 11.3. The van der Waals surface area contributed by atoms with Gasteiger partial charge in [-0.05, 0) is 96.7 Å². The van der Waals surface area contributed by atoms with Crippen molar-refractivity contribution >= 4 is 0 Å². The second kappa shape index (κ2) is 11.9. The van der Waals surface area contributed by atoms with Crippen LogP contribution in [0.5, 0.6) is 5.75 Å². The Labute approximate surface area is 223 Å². The number of benzene rings is 3. The lowest BCUT2D eigenvalue weighted by molar-refractivity contribution is 0.113. The highest BCUT2D eigenvalue weighted by Gasteiger charge is 2.36. The maximum atomic E-state index is 15.3. The summed E-state index contributed by atoms with van der Waals surface area (Å²) in [4.78, 5) is 0. The monoisotopic (exact) mass is 524 g/mol. The Morgan fingerprint density at radius 3 is 2.11 bits per heavy atom. The minimum absolute atomic E-state index is 0.0198. The van der Waals surface area contributed by atoms with Crippen LogP contribution in [-0.2, 0) is 6.61 Å². The SMILES string of the molecule is CCCCC1CC[C@@H]2C[C@H](c3cc(F)c(-c4cc(F)c(OCc5ccccc5)c(F)c4)c(F)c3)CC[C@@H]2C1. The first-order chi connectivity index (χ1) is 18.4. The zero-order valence-corrected chi connectivity index (χ0v) is 22.0. The molecule has 202 valence electrons. The van der Waals surface area contributed by atoms with E-state index in [1.54, 1.807) is 24.3 Å². The van der Waals surface area contributed by atoms with Crippen LogP contribution in [0.2, 0.25) is 0 Å². The van der Waals surface area contributed by atoms with Crippen LogP contribution in [0.1, 0.15) is 81.8 Å². The number of unbranched alkanes of at least 4 members (excludes halogenated alkanes) is 1. The van der Waals surface area contributed by atoms with Gasteiger partial charge in [0.1, 0.15) is 18.2 Å². The number of ether oxygens (including phenoxy) is 1. The molecule has 0 radical (unpaired) electrons. The number of hydrogen-bond donors (Lipinski definition) is 0. The Bertz CT molecular complexity index is 1190. The zero-order valence-electron chi connectivity index (χ0n) is 22.0. The van der Waals surface area contributed by atoms with E-state index >= 15 is 8.78 Å². The van der Waals surface area contributed by atoms with Crippen molar-refractivity contribution in [1.29, 1.82) is 0 Å². The van der Waals surface area contributed by atoms with Crippen molar-refractivity contribution in [3.8, 4) is 16.9 Å². The van der Waals surface area contributed by atoms with Crippen LogP contribution in [0.15, 0.2) is 54.6 Å². The van der Waals surface area contributed by atoms with Crippen LogP contribution < -0.4 is 4.74 Å². The summed E-state index contributed by atoms with van der Waals surface area (Å²) in [5, 5.41) is 0. The molecule has 2 fully saturated rings. The Hall–Kier alpha value is -2.82. The summed E-state index contributed by atoms with van der Waals surface area (Å²) < 4.78 is 65.4. The van der Waals surface area contributed by atoms with Crippen molar-refractivity contribution in [2.24, 2.45) is 17.8 Å². The van der Waals surface area contributed by atoms with Gasteiger partial charge in [0, 0.05) is 0 Å². The Balaban J connectivity index is 1.29. The molecule has 0 bridgehead atoms. The molecule has 1 nitrogen and oxygen atoms in total. The molecule has 1 unspecified atom stereocenters. The minimum Gasteiger partial charge on any atom is -0.483 e. The Morgan fingerprint density at radius 1 is 0.763 bits per heavy atom. The highest BCUT2D eigenvalue weighted by Crippen LogP contribution is 2.49. The predicted molar refractivity (Wildman–Crippen MR) is 143 cm³/mol. The van der Waals surface area contributed by atoms with Gasteiger partial charge in [0.15, 0.2) is 17.4 Å². The van der Waals surface area contributed by atoms with E-state index in [2.05, 4.69) is 6.92 Å². The normalized spacial score (nSPS) is 23.2. The van der Waals surface area contributed by atoms with Crippen LogP contribution in [0.4, 0.5) is 17.6 Å².